The molecular formula is C28H19F4N3O5S. The molecule has 0 saturated carbocycles. The highest BCUT2D eigenvalue weighted by Gasteiger charge is 2.35. The number of anilines is 1. The standard InChI is InChI=1S/C28H19F4N3O5S/c1-38-16-6-8-17(9-7-16)39-13-18-10-11-20(40-18)26(37)35-23-22-19(14-2-4-15(29)5-3-14)12-21(28(30,31)32)34-27(22)41-24(23)25(33)36/h2-12H,13H2,1H3,(H2,33,36)(H,35,37). The van der Waals surface area contributed by atoms with Crippen LogP contribution in [0.5, 0.6) is 11.5 Å². The van der Waals surface area contributed by atoms with Crippen LogP contribution in [0.1, 0.15) is 31.7 Å². The number of hydrogen-bond acceptors (Lipinski definition) is 7. The molecule has 3 heterocycles. The van der Waals surface area contributed by atoms with Gasteiger partial charge in [-0.15, -0.1) is 11.3 Å². The number of nitrogens with one attached hydrogen (secondary N) is 1. The number of thiophene rings is 1. The molecule has 41 heavy (non-hydrogen) atoms. The van der Waals surface area contributed by atoms with Gasteiger partial charge in [0, 0.05) is 5.39 Å². The molecule has 0 aliphatic carbocycles. The van der Waals surface area contributed by atoms with Crippen LogP contribution in [-0.4, -0.2) is 23.9 Å². The number of carbonyl (C=O) groups is 2. The number of methoxy groups -OCH3 is 1. The second kappa shape index (κ2) is 10.9. The first-order valence-corrected chi connectivity index (χ1v) is 12.6. The first-order chi connectivity index (χ1) is 19.5. The van der Waals surface area contributed by atoms with Crippen molar-refractivity contribution in [2.24, 2.45) is 5.73 Å². The van der Waals surface area contributed by atoms with E-state index in [2.05, 4.69) is 10.3 Å². The van der Waals surface area contributed by atoms with Crippen molar-refractivity contribution in [3.8, 4) is 22.6 Å². The smallest absolute Gasteiger partial charge is 0.433 e. The lowest BCUT2D eigenvalue weighted by Crippen LogP contribution is -2.16. The van der Waals surface area contributed by atoms with E-state index in [-0.39, 0.29) is 44.3 Å². The molecule has 13 heteroatoms. The molecule has 2 aromatic carbocycles. The number of hydrogen-bond donors (Lipinski definition) is 2. The molecule has 0 bridgehead atoms. The third-order valence-electron chi connectivity index (χ3n) is 5.90. The van der Waals surface area contributed by atoms with Crippen LogP contribution in [0.2, 0.25) is 0 Å². The van der Waals surface area contributed by atoms with Gasteiger partial charge in [-0.05, 0) is 65.7 Å². The molecule has 0 aliphatic heterocycles. The second-order valence-electron chi connectivity index (χ2n) is 8.59. The Morgan fingerprint density at radius 3 is 2.34 bits per heavy atom. The van der Waals surface area contributed by atoms with Gasteiger partial charge in [0.15, 0.2) is 5.76 Å². The van der Waals surface area contributed by atoms with E-state index in [1.807, 2.05) is 0 Å². The van der Waals surface area contributed by atoms with Gasteiger partial charge in [-0.25, -0.2) is 9.37 Å². The maximum atomic E-state index is 13.7. The zero-order valence-electron chi connectivity index (χ0n) is 21.0. The van der Waals surface area contributed by atoms with Crippen molar-refractivity contribution in [1.82, 2.24) is 4.98 Å². The highest BCUT2D eigenvalue weighted by Crippen LogP contribution is 2.43. The topological polar surface area (TPSA) is 117 Å². The Kier molecular flexibility index (Phi) is 7.37. The lowest BCUT2D eigenvalue weighted by molar-refractivity contribution is -0.140. The van der Waals surface area contributed by atoms with Crippen molar-refractivity contribution in [3.05, 3.63) is 94.6 Å². The Labute approximate surface area is 233 Å². The molecule has 0 radical (unpaired) electrons. The van der Waals surface area contributed by atoms with Crippen LogP contribution in [-0.2, 0) is 12.8 Å². The summed E-state index contributed by atoms with van der Waals surface area (Å²) in [5, 5.41) is 2.57. The fourth-order valence-corrected chi connectivity index (χ4v) is 4.98. The third-order valence-corrected chi connectivity index (χ3v) is 6.99. The fraction of sp³-hybridized carbons (Fsp3) is 0.107. The Balaban J connectivity index is 1.49. The first kappa shape index (κ1) is 27.6. The number of halogens is 4. The van der Waals surface area contributed by atoms with Crippen molar-refractivity contribution >= 4 is 39.1 Å². The molecular weight excluding hydrogens is 566 g/mol. The van der Waals surface area contributed by atoms with Crippen molar-refractivity contribution in [2.45, 2.75) is 12.8 Å². The molecule has 0 atom stereocenters. The number of rotatable bonds is 8. The molecule has 8 nitrogen and oxygen atoms in total. The monoisotopic (exact) mass is 585 g/mol. The van der Waals surface area contributed by atoms with Crippen molar-refractivity contribution in [2.75, 3.05) is 12.4 Å². The van der Waals surface area contributed by atoms with Crippen LogP contribution in [0, 0.1) is 5.82 Å². The molecule has 0 aliphatic rings. The number of nitrogens with two attached hydrogens (primary N) is 1. The van der Waals surface area contributed by atoms with Crippen LogP contribution in [0.3, 0.4) is 0 Å². The summed E-state index contributed by atoms with van der Waals surface area (Å²) in [7, 11) is 1.54. The van der Waals surface area contributed by atoms with Gasteiger partial charge in [-0.2, -0.15) is 13.2 Å². The molecule has 5 rings (SSSR count). The van der Waals surface area contributed by atoms with Gasteiger partial charge in [0.05, 0.1) is 12.8 Å². The van der Waals surface area contributed by atoms with E-state index >= 15 is 0 Å². The van der Waals surface area contributed by atoms with Gasteiger partial charge >= 0.3 is 6.18 Å². The van der Waals surface area contributed by atoms with E-state index < -0.39 is 29.5 Å². The van der Waals surface area contributed by atoms with Crippen molar-refractivity contribution in [1.29, 1.82) is 0 Å². The molecule has 2 amide bonds. The maximum Gasteiger partial charge on any atom is 0.433 e. The summed E-state index contributed by atoms with van der Waals surface area (Å²) in [4.78, 5) is 28.7. The van der Waals surface area contributed by atoms with Gasteiger partial charge < -0.3 is 24.9 Å². The highest BCUT2D eigenvalue weighted by molar-refractivity contribution is 7.21. The minimum Gasteiger partial charge on any atom is -0.497 e. The van der Waals surface area contributed by atoms with Crippen LogP contribution in [0.25, 0.3) is 21.3 Å². The number of carbonyl (C=O) groups excluding carboxylic acids is 2. The SMILES string of the molecule is COc1ccc(OCc2ccc(C(=O)Nc3c(C(N)=O)sc4nc(C(F)(F)F)cc(-c5ccc(F)cc5)c34)o2)cc1. The Morgan fingerprint density at radius 1 is 1.02 bits per heavy atom. The largest absolute Gasteiger partial charge is 0.497 e. The molecule has 5 aromatic rings. The second-order valence-corrected chi connectivity index (χ2v) is 9.59. The summed E-state index contributed by atoms with van der Waals surface area (Å²) >= 11 is 0.591. The number of fused-ring (bicyclic) bond motifs is 1. The molecule has 210 valence electrons. The average Bonchev–Trinajstić information content (AvgIpc) is 3.57. The predicted octanol–water partition coefficient (Wildman–Crippen LogP) is 6.65. The third kappa shape index (κ3) is 5.84. The summed E-state index contributed by atoms with van der Waals surface area (Å²) in [5.74, 6) is -1.06. The summed E-state index contributed by atoms with van der Waals surface area (Å²) in [6, 6.07) is 15.2. The average molecular weight is 586 g/mol. The van der Waals surface area contributed by atoms with Gasteiger partial charge in [0.25, 0.3) is 11.8 Å². The van der Waals surface area contributed by atoms with Crippen LogP contribution in [0.4, 0.5) is 23.2 Å². The lowest BCUT2D eigenvalue weighted by Gasteiger charge is -2.12. The van der Waals surface area contributed by atoms with E-state index in [1.165, 1.54) is 31.4 Å². The van der Waals surface area contributed by atoms with E-state index in [0.29, 0.717) is 28.6 Å². The molecule has 0 unspecified atom stereocenters. The van der Waals surface area contributed by atoms with Crippen molar-refractivity contribution < 1.29 is 41.0 Å². The number of aromatic nitrogens is 1. The number of ether oxygens (including phenoxy) is 2. The van der Waals surface area contributed by atoms with E-state index in [1.54, 1.807) is 24.3 Å². The molecule has 3 N–H and O–H groups in total. The number of pyridine rings is 1. The predicted molar refractivity (Wildman–Crippen MR) is 143 cm³/mol. The van der Waals surface area contributed by atoms with E-state index in [9.17, 15) is 27.2 Å². The molecule has 0 spiro atoms. The molecule has 3 aromatic heterocycles. The van der Waals surface area contributed by atoms with Crippen LogP contribution < -0.4 is 20.5 Å². The molecule has 0 saturated heterocycles. The summed E-state index contributed by atoms with van der Waals surface area (Å²) < 4.78 is 70.9. The zero-order chi connectivity index (χ0) is 29.3. The summed E-state index contributed by atoms with van der Waals surface area (Å²) in [5.41, 5.74) is 4.31. The van der Waals surface area contributed by atoms with Crippen molar-refractivity contribution in [3.63, 3.8) is 0 Å². The number of alkyl halides is 3. The quantitative estimate of drug-likeness (QED) is 0.197. The van der Waals surface area contributed by atoms with Gasteiger partial charge in [-0.3, -0.25) is 9.59 Å². The maximum absolute atomic E-state index is 13.7. The van der Waals surface area contributed by atoms with Gasteiger partial charge in [0.1, 0.15) is 45.1 Å². The number of amides is 2. The lowest BCUT2D eigenvalue weighted by atomic mass is 10.0. The van der Waals surface area contributed by atoms with Crippen LogP contribution >= 0.6 is 11.3 Å². The Hall–Kier alpha value is -4.91. The van der Waals surface area contributed by atoms with Crippen LogP contribution in [0.15, 0.2) is 71.1 Å². The Bertz CT molecular complexity index is 1750. The van der Waals surface area contributed by atoms with E-state index in [4.69, 9.17) is 19.6 Å². The first-order valence-electron chi connectivity index (χ1n) is 11.8. The summed E-state index contributed by atoms with van der Waals surface area (Å²) in [6.45, 7) is -0.00756. The number of benzene rings is 2. The normalized spacial score (nSPS) is 11.4. The number of nitrogens with zero attached hydrogens (tertiary/aromatic N) is 1. The summed E-state index contributed by atoms with van der Waals surface area (Å²) in [6.07, 6.45) is -4.82. The number of primary amides is 1. The minimum atomic E-state index is -4.82. The van der Waals surface area contributed by atoms with Gasteiger partial charge in [0.2, 0.25) is 0 Å². The Morgan fingerprint density at radius 2 is 1.71 bits per heavy atom. The zero-order valence-corrected chi connectivity index (χ0v) is 21.9. The highest BCUT2D eigenvalue weighted by atomic mass is 32.1. The molecule has 0 fully saturated rings. The fourth-order valence-electron chi connectivity index (χ4n) is 3.97. The van der Waals surface area contributed by atoms with E-state index in [0.717, 1.165) is 18.2 Å². The number of furan rings is 1. The van der Waals surface area contributed by atoms with Gasteiger partial charge in [-0.1, -0.05) is 12.1 Å². The minimum absolute atomic E-state index is 0.00756.